The van der Waals surface area contributed by atoms with Gasteiger partial charge in [0.1, 0.15) is 0 Å². The zero-order valence-corrected chi connectivity index (χ0v) is 10.7. The SMILES string of the molecule is O=C(CSc1cccc(Cl)c1)c1ccsc1. The van der Waals surface area contributed by atoms with Gasteiger partial charge in [0.25, 0.3) is 0 Å². The minimum absolute atomic E-state index is 0.159. The molecule has 0 radical (unpaired) electrons. The molecule has 1 aromatic heterocycles. The summed E-state index contributed by atoms with van der Waals surface area (Å²) in [6.07, 6.45) is 0. The Morgan fingerprint density at radius 1 is 1.38 bits per heavy atom. The first kappa shape index (κ1) is 11.7. The fourth-order valence-corrected chi connectivity index (χ4v) is 2.98. The fourth-order valence-electron chi connectivity index (χ4n) is 1.21. The number of ketones is 1. The molecule has 82 valence electrons. The maximum atomic E-state index is 11.7. The Labute approximate surface area is 107 Å². The Hall–Kier alpha value is -0.770. The summed E-state index contributed by atoms with van der Waals surface area (Å²) in [6, 6.07) is 9.39. The molecule has 16 heavy (non-hydrogen) atoms. The zero-order chi connectivity index (χ0) is 11.4. The quantitative estimate of drug-likeness (QED) is 0.605. The second-order valence-electron chi connectivity index (χ2n) is 3.18. The van der Waals surface area contributed by atoms with Crippen molar-refractivity contribution in [1.29, 1.82) is 0 Å². The highest BCUT2D eigenvalue weighted by Crippen LogP contribution is 2.22. The third-order valence-electron chi connectivity index (χ3n) is 2.01. The highest BCUT2D eigenvalue weighted by molar-refractivity contribution is 8.00. The van der Waals surface area contributed by atoms with E-state index in [0.29, 0.717) is 10.8 Å². The highest BCUT2D eigenvalue weighted by Gasteiger charge is 2.06. The van der Waals surface area contributed by atoms with Crippen molar-refractivity contribution in [3.63, 3.8) is 0 Å². The van der Waals surface area contributed by atoms with Crippen molar-refractivity contribution in [2.24, 2.45) is 0 Å². The van der Waals surface area contributed by atoms with Crippen molar-refractivity contribution in [3.05, 3.63) is 51.7 Å². The molecule has 0 aliphatic carbocycles. The molecule has 0 N–H and O–H groups in total. The fraction of sp³-hybridized carbons (Fsp3) is 0.0833. The topological polar surface area (TPSA) is 17.1 Å². The Kier molecular flexibility index (Phi) is 4.04. The molecule has 2 aromatic rings. The van der Waals surface area contributed by atoms with Crippen molar-refractivity contribution in [2.45, 2.75) is 4.90 Å². The summed E-state index contributed by atoms with van der Waals surface area (Å²) >= 11 is 8.92. The lowest BCUT2D eigenvalue weighted by Crippen LogP contribution is -1.99. The van der Waals surface area contributed by atoms with E-state index in [-0.39, 0.29) is 5.78 Å². The number of thiophene rings is 1. The molecule has 1 nitrogen and oxygen atoms in total. The van der Waals surface area contributed by atoms with E-state index in [0.717, 1.165) is 10.5 Å². The van der Waals surface area contributed by atoms with Gasteiger partial charge >= 0.3 is 0 Å². The van der Waals surface area contributed by atoms with Crippen LogP contribution >= 0.6 is 34.7 Å². The first-order valence-corrected chi connectivity index (χ1v) is 7.00. The van der Waals surface area contributed by atoms with Gasteiger partial charge < -0.3 is 0 Å². The molecule has 4 heteroatoms. The van der Waals surface area contributed by atoms with Crippen LogP contribution in [0.2, 0.25) is 5.02 Å². The van der Waals surface area contributed by atoms with Crippen molar-refractivity contribution < 1.29 is 4.79 Å². The molecule has 0 bridgehead atoms. The predicted molar refractivity (Wildman–Crippen MR) is 70.8 cm³/mol. The van der Waals surface area contributed by atoms with E-state index in [9.17, 15) is 4.79 Å². The third kappa shape index (κ3) is 3.11. The summed E-state index contributed by atoms with van der Waals surface area (Å²) in [5.41, 5.74) is 0.791. The number of hydrogen-bond donors (Lipinski definition) is 0. The van der Waals surface area contributed by atoms with Gasteiger partial charge in [-0.2, -0.15) is 11.3 Å². The molecule has 2 rings (SSSR count). The van der Waals surface area contributed by atoms with Crippen LogP contribution in [0.1, 0.15) is 10.4 Å². The van der Waals surface area contributed by atoms with Gasteiger partial charge in [0.15, 0.2) is 5.78 Å². The van der Waals surface area contributed by atoms with Crippen molar-refractivity contribution >= 4 is 40.5 Å². The molecular formula is C12H9ClOS2. The van der Waals surface area contributed by atoms with E-state index >= 15 is 0 Å². The highest BCUT2D eigenvalue weighted by atomic mass is 35.5. The Bertz CT molecular complexity index is 480. The van der Waals surface area contributed by atoms with Gasteiger partial charge in [-0.25, -0.2) is 0 Å². The first-order chi connectivity index (χ1) is 7.75. The number of hydrogen-bond acceptors (Lipinski definition) is 3. The van der Waals surface area contributed by atoms with E-state index < -0.39 is 0 Å². The molecule has 0 fully saturated rings. The van der Waals surface area contributed by atoms with E-state index in [1.165, 1.54) is 11.8 Å². The predicted octanol–water partition coefficient (Wildman–Crippen LogP) is 4.38. The van der Waals surface area contributed by atoms with Crippen LogP contribution in [0.15, 0.2) is 46.0 Å². The minimum atomic E-state index is 0.159. The maximum Gasteiger partial charge on any atom is 0.173 e. The Morgan fingerprint density at radius 2 is 2.25 bits per heavy atom. The van der Waals surface area contributed by atoms with Crippen molar-refractivity contribution in [3.8, 4) is 0 Å². The number of rotatable bonds is 4. The van der Waals surface area contributed by atoms with Crippen LogP contribution in [0.5, 0.6) is 0 Å². The Balaban J connectivity index is 1.95. The minimum Gasteiger partial charge on any atom is -0.293 e. The second-order valence-corrected chi connectivity index (χ2v) is 5.45. The summed E-state index contributed by atoms with van der Waals surface area (Å²) in [4.78, 5) is 12.7. The smallest absolute Gasteiger partial charge is 0.173 e. The van der Waals surface area contributed by atoms with Gasteiger partial charge in [-0.1, -0.05) is 17.7 Å². The average molecular weight is 269 g/mol. The van der Waals surface area contributed by atoms with Crippen LogP contribution in [0, 0.1) is 0 Å². The standard InChI is InChI=1S/C12H9ClOS2/c13-10-2-1-3-11(6-10)16-8-12(14)9-4-5-15-7-9/h1-7H,8H2. The van der Waals surface area contributed by atoms with Gasteiger partial charge in [-0.3, -0.25) is 4.79 Å². The number of halogens is 1. The van der Waals surface area contributed by atoms with Crippen LogP contribution < -0.4 is 0 Å². The van der Waals surface area contributed by atoms with Crippen molar-refractivity contribution in [1.82, 2.24) is 0 Å². The molecular weight excluding hydrogens is 260 g/mol. The number of benzene rings is 1. The zero-order valence-electron chi connectivity index (χ0n) is 8.35. The number of thioether (sulfide) groups is 1. The molecule has 0 spiro atoms. The van der Waals surface area contributed by atoms with Gasteiger partial charge in [0.05, 0.1) is 5.75 Å². The summed E-state index contributed by atoms with van der Waals surface area (Å²) in [7, 11) is 0. The lowest BCUT2D eigenvalue weighted by Gasteiger charge is -2.00. The first-order valence-electron chi connectivity index (χ1n) is 4.69. The molecule has 0 aliphatic heterocycles. The molecule has 0 aliphatic rings. The van der Waals surface area contributed by atoms with Crippen LogP contribution in [-0.4, -0.2) is 11.5 Å². The van der Waals surface area contributed by atoms with Gasteiger partial charge in [-0.05, 0) is 29.6 Å². The number of carbonyl (C=O) groups excluding carboxylic acids is 1. The molecule has 0 amide bonds. The van der Waals surface area contributed by atoms with Gasteiger partial charge in [-0.15, -0.1) is 11.8 Å². The van der Waals surface area contributed by atoms with Crippen LogP contribution in [0.3, 0.4) is 0 Å². The molecule has 1 heterocycles. The second kappa shape index (κ2) is 5.53. The summed E-state index contributed by atoms with van der Waals surface area (Å²) < 4.78 is 0. The molecule has 0 atom stereocenters. The van der Waals surface area contributed by atoms with Crippen LogP contribution in [-0.2, 0) is 0 Å². The van der Waals surface area contributed by atoms with Crippen molar-refractivity contribution in [2.75, 3.05) is 5.75 Å². The molecule has 0 unspecified atom stereocenters. The van der Waals surface area contributed by atoms with Gasteiger partial charge in [0, 0.05) is 20.9 Å². The molecule has 0 saturated carbocycles. The molecule has 1 aromatic carbocycles. The van der Waals surface area contributed by atoms with E-state index in [1.54, 1.807) is 11.3 Å². The average Bonchev–Trinajstić information content (AvgIpc) is 2.79. The maximum absolute atomic E-state index is 11.7. The van der Waals surface area contributed by atoms with E-state index in [1.807, 2.05) is 41.1 Å². The third-order valence-corrected chi connectivity index (χ3v) is 3.92. The van der Waals surface area contributed by atoms with E-state index in [4.69, 9.17) is 11.6 Å². The monoisotopic (exact) mass is 268 g/mol. The number of Topliss-reactive ketones (excluding diaryl/α,β-unsaturated/α-hetero) is 1. The normalized spacial score (nSPS) is 10.3. The summed E-state index contributed by atoms with van der Waals surface area (Å²) in [6.45, 7) is 0. The van der Waals surface area contributed by atoms with Gasteiger partial charge in [0.2, 0.25) is 0 Å². The number of carbonyl (C=O) groups is 1. The largest absolute Gasteiger partial charge is 0.293 e. The van der Waals surface area contributed by atoms with E-state index in [2.05, 4.69) is 0 Å². The summed E-state index contributed by atoms with van der Waals surface area (Å²) in [5, 5.41) is 4.49. The van der Waals surface area contributed by atoms with Crippen LogP contribution in [0.25, 0.3) is 0 Å². The summed E-state index contributed by atoms with van der Waals surface area (Å²) in [5.74, 6) is 0.614. The molecule has 0 saturated heterocycles. The lowest BCUT2D eigenvalue weighted by molar-refractivity contribution is 0.102. The Morgan fingerprint density at radius 3 is 2.94 bits per heavy atom. The lowest BCUT2D eigenvalue weighted by atomic mass is 10.2. The van der Waals surface area contributed by atoms with Crippen LogP contribution in [0.4, 0.5) is 0 Å².